The molecule has 5 aromatic rings. The normalized spacial score (nSPS) is 22.3. The Kier molecular flexibility index (Phi) is 14.3. The molecular formula is C52H66N8O6S. The van der Waals surface area contributed by atoms with Crippen molar-refractivity contribution in [1.29, 1.82) is 0 Å². The van der Waals surface area contributed by atoms with E-state index in [2.05, 4.69) is 65.2 Å². The molecule has 6 heterocycles. The molecule has 15 heteroatoms. The van der Waals surface area contributed by atoms with Crippen LogP contribution in [0.25, 0.3) is 33.4 Å². The third-order valence-electron chi connectivity index (χ3n) is 13.9. The van der Waals surface area contributed by atoms with E-state index in [-0.39, 0.29) is 48.8 Å². The number of nitrogens with one attached hydrogen (secondary N) is 2. The van der Waals surface area contributed by atoms with Gasteiger partial charge in [-0.3, -0.25) is 34.1 Å². The summed E-state index contributed by atoms with van der Waals surface area (Å²) in [4.78, 5) is 71.5. The number of rotatable bonds is 10. The molecule has 8 rings (SSSR count). The van der Waals surface area contributed by atoms with E-state index < -0.39 is 35.4 Å². The fraction of sp³-hybridized carbons (Fsp3) is 0.500. The smallest absolute Gasteiger partial charge is 0.324 e. The van der Waals surface area contributed by atoms with Gasteiger partial charge in [0.1, 0.15) is 18.1 Å². The molecule has 2 fully saturated rings. The highest BCUT2D eigenvalue weighted by Crippen LogP contribution is 2.42. The number of hydrogen-bond acceptors (Lipinski definition) is 11. The number of aromatic nitrogens is 3. The Labute approximate surface area is 398 Å². The third kappa shape index (κ3) is 9.79. The van der Waals surface area contributed by atoms with Gasteiger partial charge in [-0.1, -0.05) is 64.1 Å². The summed E-state index contributed by atoms with van der Waals surface area (Å²) in [6.07, 6.45) is 3.95. The Bertz CT molecular complexity index is 2610. The number of cyclic esters (lactones) is 1. The zero-order valence-electron chi connectivity index (χ0n) is 40.4. The van der Waals surface area contributed by atoms with Crippen molar-refractivity contribution in [2.24, 2.45) is 17.3 Å². The van der Waals surface area contributed by atoms with Gasteiger partial charge < -0.3 is 24.3 Å². The average molecular weight is 931 g/mol. The molecule has 3 aliphatic rings. The van der Waals surface area contributed by atoms with Crippen LogP contribution in [0.1, 0.15) is 94.8 Å². The van der Waals surface area contributed by atoms with Gasteiger partial charge in [0.25, 0.3) is 5.91 Å². The molecule has 3 amide bonds. The molecular weight excluding hydrogens is 865 g/mol. The molecule has 0 spiro atoms. The number of nitrogens with zero attached hydrogens (tertiary/aromatic N) is 6. The molecule has 14 nitrogen and oxygen atoms in total. The van der Waals surface area contributed by atoms with Crippen molar-refractivity contribution in [3.63, 3.8) is 0 Å². The van der Waals surface area contributed by atoms with Gasteiger partial charge in [-0.15, -0.1) is 11.3 Å². The zero-order valence-corrected chi connectivity index (χ0v) is 41.2. The first kappa shape index (κ1) is 48.0. The Balaban J connectivity index is 1.16. The summed E-state index contributed by atoms with van der Waals surface area (Å²) in [5, 5.41) is 8.28. The van der Waals surface area contributed by atoms with Crippen LogP contribution in [0, 0.1) is 17.3 Å². The summed E-state index contributed by atoms with van der Waals surface area (Å²) in [6, 6.07) is 17.7. The number of likely N-dealkylation sites (N-methyl/N-ethyl adjacent to an activating group) is 1. The Morgan fingerprint density at radius 3 is 2.57 bits per heavy atom. The molecule has 1 unspecified atom stereocenters. The average Bonchev–Trinajstić information content (AvgIpc) is 4.04. The fourth-order valence-electron chi connectivity index (χ4n) is 10.5. The summed E-state index contributed by atoms with van der Waals surface area (Å²) in [5.41, 5.74) is 10.5. The van der Waals surface area contributed by atoms with E-state index in [0.29, 0.717) is 43.8 Å². The molecule has 6 bridgehead atoms. The molecule has 3 aliphatic heterocycles. The van der Waals surface area contributed by atoms with Crippen molar-refractivity contribution in [2.45, 2.75) is 110 Å². The number of fused-ring (bicyclic) bond motifs is 6. The molecule has 6 atom stereocenters. The molecule has 3 aromatic heterocycles. The van der Waals surface area contributed by atoms with Crippen molar-refractivity contribution in [3.8, 4) is 22.5 Å². The minimum Gasteiger partial charge on any atom is -0.464 e. The molecule has 2 aromatic carbocycles. The second-order valence-corrected chi connectivity index (χ2v) is 20.6. The predicted octanol–water partition coefficient (Wildman–Crippen LogP) is 7.38. The van der Waals surface area contributed by atoms with Gasteiger partial charge in [-0.05, 0) is 94.4 Å². The van der Waals surface area contributed by atoms with E-state index in [0.717, 1.165) is 56.8 Å². The Morgan fingerprint density at radius 1 is 1.06 bits per heavy atom. The lowest BCUT2D eigenvalue weighted by molar-refractivity contribution is -0.155. The SMILES string of the molecule is CCn1c(-c2cccnc2[C@H](C)OC)c2c3cc(ccc31)-c1csc(n1)C[C@H](NC(=O)C(C(C)C)N(C)C(=O)[C@@H]1CCN(C)[C@@H]1c1ccccc1)C(=O)N1CCC[C@H](N1)C(=O)OCC(C)(C)C2. The van der Waals surface area contributed by atoms with Crippen molar-refractivity contribution >= 4 is 45.9 Å². The number of carbonyl (C=O) groups is 4. The van der Waals surface area contributed by atoms with Crippen LogP contribution in [-0.4, -0.2) is 112 Å². The van der Waals surface area contributed by atoms with E-state index >= 15 is 0 Å². The number of hydrazine groups is 1. The van der Waals surface area contributed by atoms with Gasteiger partial charge in [0.15, 0.2) is 0 Å². The van der Waals surface area contributed by atoms with Crippen molar-refractivity contribution in [2.75, 3.05) is 40.9 Å². The summed E-state index contributed by atoms with van der Waals surface area (Å²) in [7, 11) is 5.42. The fourth-order valence-corrected chi connectivity index (χ4v) is 11.3. The quantitative estimate of drug-likeness (QED) is 0.136. The minimum absolute atomic E-state index is 0.105. The molecule has 0 saturated carbocycles. The predicted molar refractivity (Wildman–Crippen MR) is 261 cm³/mol. The maximum absolute atomic E-state index is 14.7. The number of thiazole rings is 1. The molecule has 2 saturated heterocycles. The van der Waals surface area contributed by atoms with Crippen LogP contribution in [0.5, 0.6) is 0 Å². The third-order valence-corrected chi connectivity index (χ3v) is 14.8. The van der Waals surface area contributed by atoms with Crippen LogP contribution in [0.15, 0.2) is 72.2 Å². The maximum atomic E-state index is 14.7. The monoisotopic (exact) mass is 930 g/mol. The number of ether oxygens (including phenoxy) is 2. The minimum atomic E-state index is -1.05. The van der Waals surface area contributed by atoms with Crippen LogP contribution in [0.4, 0.5) is 0 Å². The topological polar surface area (TPSA) is 151 Å². The van der Waals surface area contributed by atoms with E-state index in [9.17, 15) is 19.2 Å². The standard InChI is InChI=1S/C52H66N8O6S/c1-10-59-42-21-20-34-26-37(42)38(47(59)35-18-14-23-53-44(35)32(4)65-9)28-52(5,6)30-66-51(64)39-19-15-24-60(56-39)50(63)40(27-43-54-41(34)29-67-43)55-48(61)45(31(2)3)58(8)49(62)36-22-25-57(7)46(36)33-16-12-11-13-17-33/h11-14,16-18,20-21,23,26,29,31-32,36,39-40,45-46,56H,10,15,19,22,24-25,27-28,30H2,1-9H3,(H,55,61)/t32-,36+,39-,40-,45?,46+/m0/s1. The molecule has 2 N–H and O–H groups in total. The molecule has 0 aliphatic carbocycles. The number of methoxy groups -OCH3 is 1. The van der Waals surface area contributed by atoms with E-state index in [1.165, 1.54) is 16.3 Å². The van der Waals surface area contributed by atoms with E-state index in [1.54, 1.807) is 25.3 Å². The lowest BCUT2D eigenvalue weighted by atomic mass is 9.84. The van der Waals surface area contributed by atoms with Crippen molar-refractivity contribution in [3.05, 3.63) is 94.1 Å². The van der Waals surface area contributed by atoms with Gasteiger partial charge in [-0.25, -0.2) is 10.4 Å². The number of aryl methyl sites for hydroxylation is 1. The van der Waals surface area contributed by atoms with Crippen molar-refractivity contribution in [1.82, 2.24) is 40.1 Å². The van der Waals surface area contributed by atoms with Crippen LogP contribution in [0.3, 0.4) is 0 Å². The second-order valence-electron chi connectivity index (χ2n) is 19.6. The summed E-state index contributed by atoms with van der Waals surface area (Å²) < 4.78 is 14.3. The van der Waals surface area contributed by atoms with Crippen LogP contribution < -0.4 is 10.7 Å². The molecule has 0 radical (unpaired) electrons. The number of hydrogen-bond donors (Lipinski definition) is 2. The molecule has 67 heavy (non-hydrogen) atoms. The summed E-state index contributed by atoms with van der Waals surface area (Å²) in [5.74, 6) is -1.97. The first-order valence-corrected chi connectivity index (χ1v) is 24.6. The van der Waals surface area contributed by atoms with Crippen molar-refractivity contribution < 1.29 is 28.7 Å². The first-order valence-electron chi connectivity index (χ1n) is 23.7. The number of benzene rings is 2. The highest BCUT2D eigenvalue weighted by molar-refractivity contribution is 7.10. The lowest BCUT2D eigenvalue weighted by Gasteiger charge is -2.37. The van der Waals surface area contributed by atoms with Gasteiger partial charge in [0, 0.05) is 78.7 Å². The molecule has 356 valence electrons. The summed E-state index contributed by atoms with van der Waals surface area (Å²) in [6.45, 7) is 14.1. The number of pyridine rings is 1. The zero-order chi connectivity index (χ0) is 47.7. The van der Waals surface area contributed by atoms with Gasteiger partial charge in [-0.2, -0.15) is 0 Å². The Hall–Kier alpha value is -5.48. The van der Waals surface area contributed by atoms with Gasteiger partial charge in [0.2, 0.25) is 11.8 Å². The highest BCUT2D eigenvalue weighted by atomic mass is 32.1. The number of carbonyl (C=O) groups excluding carboxylic acids is 4. The number of likely N-dealkylation sites (tertiary alicyclic amines) is 1. The van der Waals surface area contributed by atoms with E-state index in [1.807, 2.05) is 69.6 Å². The Morgan fingerprint density at radius 2 is 1.84 bits per heavy atom. The van der Waals surface area contributed by atoms with Gasteiger partial charge >= 0.3 is 5.97 Å². The van der Waals surface area contributed by atoms with Gasteiger partial charge in [0.05, 0.1) is 40.7 Å². The van der Waals surface area contributed by atoms with Crippen LogP contribution >= 0.6 is 11.3 Å². The highest BCUT2D eigenvalue weighted by Gasteiger charge is 2.43. The number of amides is 3. The second kappa shape index (κ2) is 20.0. The van der Waals surface area contributed by atoms with Crippen LogP contribution in [-0.2, 0) is 48.0 Å². The number of esters is 1. The van der Waals surface area contributed by atoms with Crippen LogP contribution in [0.2, 0.25) is 0 Å². The maximum Gasteiger partial charge on any atom is 0.324 e. The lowest BCUT2D eigenvalue weighted by Crippen LogP contribution is -2.62. The van der Waals surface area contributed by atoms with E-state index in [4.69, 9.17) is 19.4 Å². The first-order chi connectivity index (χ1) is 32.1. The summed E-state index contributed by atoms with van der Waals surface area (Å²) >= 11 is 1.43. The largest absolute Gasteiger partial charge is 0.464 e.